The summed E-state index contributed by atoms with van der Waals surface area (Å²) in [4.78, 5) is 38.8. The number of benzene rings is 2. The van der Waals surface area contributed by atoms with Gasteiger partial charge in [-0.2, -0.15) is 0 Å². The molecule has 2 aromatic rings. The van der Waals surface area contributed by atoms with Crippen molar-refractivity contribution in [3.8, 4) is 0 Å². The number of esters is 3. The van der Waals surface area contributed by atoms with E-state index in [0.29, 0.717) is 34.2 Å². The van der Waals surface area contributed by atoms with Crippen LogP contribution in [0.25, 0.3) is 0 Å². The summed E-state index contributed by atoms with van der Waals surface area (Å²) < 4.78 is 24.8. The summed E-state index contributed by atoms with van der Waals surface area (Å²) in [5.41, 5.74) is -1.27. The summed E-state index contributed by atoms with van der Waals surface area (Å²) in [6.45, 7) is 6.99. The van der Waals surface area contributed by atoms with Gasteiger partial charge in [-0.15, -0.1) is 0 Å². The van der Waals surface area contributed by atoms with Gasteiger partial charge in [-0.3, -0.25) is 4.79 Å². The Bertz CT molecular complexity index is 1410. The molecule has 7 atom stereocenters. The maximum Gasteiger partial charge on any atom is 0.338 e. The third-order valence-electron chi connectivity index (χ3n) is 11.1. The SMILES string of the molecule is C[C@@H]1CC[C@H]2[C@](C)(COC(=O)c3ccc(Cl)cc3)[C@@H](OC(=O)c3ccc(Cl)cc3)CC[C@]2(C)[C@@]12CC[C@@]1(COC(=O)C1)O2. The van der Waals surface area contributed by atoms with Crippen LogP contribution < -0.4 is 0 Å². The van der Waals surface area contributed by atoms with E-state index in [1.54, 1.807) is 48.5 Å². The van der Waals surface area contributed by atoms with Crippen LogP contribution in [0.1, 0.15) is 86.4 Å². The Labute approximate surface area is 262 Å². The van der Waals surface area contributed by atoms with Crippen molar-refractivity contribution in [2.45, 2.75) is 83.0 Å². The number of cyclic esters (lactones) is 1. The van der Waals surface area contributed by atoms with Gasteiger partial charge in [-0.25, -0.2) is 9.59 Å². The van der Waals surface area contributed by atoms with Crippen molar-refractivity contribution < 1.29 is 33.3 Å². The standard InChI is InChI=1S/C34H38Cl2O7/c1-21-4-13-26-31(2,19-41-29(38)22-5-9-24(35)10-6-22)27(42-30(39)23-7-11-25(36)12-8-23)14-15-32(26,3)34(21)17-16-33(43-34)18-28(37)40-20-33/h5-12,21,26-27H,4,13-20H2,1-3H3/t21-,26+,27+,31+,32+,33-,34-/m1/s1. The van der Waals surface area contributed by atoms with Gasteiger partial charge in [0.25, 0.3) is 0 Å². The fourth-order valence-electron chi connectivity index (χ4n) is 8.77. The van der Waals surface area contributed by atoms with Crippen molar-refractivity contribution in [3.63, 3.8) is 0 Å². The molecule has 2 aliphatic heterocycles. The van der Waals surface area contributed by atoms with Crippen LogP contribution >= 0.6 is 23.2 Å². The lowest BCUT2D eigenvalue weighted by Crippen LogP contribution is -2.67. The van der Waals surface area contributed by atoms with Gasteiger partial charge in [0.1, 0.15) is 24.9 Å². The summed E-state index contributed by atoms with van der Waals surface area (Å²) in [5.74, 6) is -0.822. The molecule has 0 unspecified atom stereocenters. The molecule has 2 heterocycles. The Morgan fingerprint density at radius 3 is 2.12 bits per heavy atom. The van der Waals surface area contributed by atoms with E-state index < -0.39 is 34.7 Å². The normalized spacial score (nSPS) is 36.8. The molecule has 0 bridgehead atoms. The molecule has 230 valence electrons. The third-order valence-corrected chi connectivity index (χ3v) is 11.6. The van der Waals surface area contributed by atoms with Gasteiger partial charge in [0.15, 0.2) is 0 Å². The van der Waals surface area contributed by atoms with Crippen LogP contribution in [0.15, 0.2) is 48.5 Å². The van der Waals surface area contributed by atoms with Crippen LogP contribution in [0.4, 0.5) is 0 Å². The summed E-state index contributed by atoms with van der Waals surface area (Å²) in [6, 6.07) is 13.2. The monoisotopic (exact) mass is 628 g/mol. The zero-order valence-corrected chi connectivity index (χ0v) is 26.3. The van der Waals surface area contributed by atoms with E-state index in [-0.39, 0.29) is 36.2 Å². The van der Waals surface area contributed by atoms with Crippen LogP contribution in [-0.4, -0.2) is 48.4 Å². The summed E-state index contributed by atoms with van der Waals surface area (Å²) in [6.07, 6.45) is 4.51. The summed E-state index contributed by atoms with van der Waals surface area (Å²) in [5, 5.41) is 1.07. The molecule has 43 heavy (non-hydrogen) atoms. The lowest BCUT2D eigenvalue weighted by molar-refractivity contribution is -0.265. The maximum atomic E-state index is 13.4. The fraction of sp³-hybridized carbons (Fsp3) is 0.559. The van der Waals surface area contributed by atoms with Gasteiger partial charge in [0.2, 0.25) is 0 Å². The first-order valence-electron chi connectivity index (χ1n) is 15.1. The molecule has 2 saturated heterocycles. The van der Waals surface area contributed by atoms with E-state index in [9.17, 15) is 14.4 Å². The molecule has 0 radical (unpaired) electrons. The lowest BCUT2D eigenvalue weighted by Gasteiger charge is -2.65. The molecule has 9 heteroatoms. The number of rotatable bonds is 5. The van der Waals surface area contributed by atoms with Crippen LogP contribution in [0, 0.1) is 22.7 Å². The Balaban J connectivity index is 1.33. The molecule has 4 aliphatic rings. The zero-order valence-electron chi connectivity index (χ0n) is 24.8. The van der Waals surface area contributed by atoms with Crippen molar-refractivity contribution in [2.75, 3.05) is 13.2 Å². The van der Waals surface area contributed by atoms with Crippen LogP contribution in [0.3, 0.4) is 0 Å². The average Bonchev–Trinajstić information content (AvgIpc) is 3.55. The Morgan fingerprint density at radius 1 is 0.884 bits per heavy atom. The number of carbonyl (C=O) groups excluding carboxylic acids is 3. The first-order chi connectivity index (χ1) is 20.4. The number of hydrogen-bond donors (Lipinski definition) is 0. The van der Waals surface area contributed by atoms with Crippen molar-refractivity contribution in [3.05, 3.63) is 69.7 Å². The molecule has 6 rings (SSSR count). The second kappa shape index (κ2) is 11.1. The highest BCUT2D eigenvalue weighted by Crippen LogP contribution is 2.68. The molecular weight excluding hydrogens is 591 g/mol. The first-order valence-corrected chi connectivity index (χ1v) is 15.9. The molecule has 2 saturated carbocycles. The van der Waals surface area contributed by atoms with E-state index in [0.717, 1.165) is 32.1 Å². The third kappa shape index (κ3) is 5.15. The Hall–Kier alpha value is -2.61. The van der Waals surface area contributed by atoms with Gasteiger partial charge in [0, 0.05) is 20.9 Å². The molecule has 2 aromatic carbocycles. The Morgan fingerprint density at radius 2 is 1.51 bits per heavy atom. The van der Waals surface area contributed by atoms with E-state index in [1.165, 1.54) is 0 Å². The number of halogens is 2. The predicted molar refractivity (Wildman–Crippen MR) is 161 cm³/mol. The van der Waals surface area contributed by atoms with Gasteiger partial charge >= 0.3 is 17.9 Å². The second-order valence-corrected chi connectivity index (χ2v) is 14.4. The van der Waals surface area contributed by atoms with Gasteiger partial charge in [-0.1, -0.05) is 44.0 Å². The van der Waals surface area contributed by atoms with Crippen LogP contribution in [0.2, 0.25) is 10.0 Å². The second-order valence-electron chi connectivity index (χ2n) is 13.5. The van der Waals surface area contributed by atoms with Crippen LogP contribution in [0.5, 0.6) is 0 Å². The van der Waals surface area contributed by atoms with Crippen LogP contribution in [-0.2, 0) is 23.7 Å². The number of fused-ring (bicyclic) bond motifs is 2. The molecule has 0 aromatic heterocycles. The number of carbonyl (C=O) groups is 3. The quantitative estimate of drug-likeness (QED) is 0.251. The molecule has 4 fully saturated rings. The largest absolute Gasteiger partial charge is 0.463 e. The molecule has 2 spiro atoms. The highest BCUT2D eigenvalue weighted by Gasteiger charge is 2.70. The maximum absolute atomic E-state index is 13.4. The summed E-state index contributed by atoms with van der Waals surface area (Å²) >= 11 is 12.1. The highest BCUT2D eigenvalue weighted by molar-refractivity contribution is 6.31. The van der Waals surface area contributed by atoms with Gasteiger partial charge in [0.05, 0.1) is 23.1 Å². The van der Waals surface area contributed by atoms with Crippen molar-refractivity contribution in [1.82, 2.24) is 0 Å². The number of ether oxygens (including phenoxy) is 4. The van der Waals surface area contributed by atoms with Crippen molar-refractivity contribution in [1.29, 1.82) is 0 Å². The lowest BCUT2D eigenvalue weighted by atomic mass is 9.43. The smallest absolute Gasteiger partial charge is 0.338 e. The van der Waals surface area contributed by atoms with Gasteiger partial charge < -0.3 is 18.9 Å². The first kappa shape index (κ1) is 30.4. The van der Waals surface area contributed by atoms with Gasteiger partial charge in [-0.05, 0) is 98.9 Å². The molecule has 2 aliphatic carbocycles. The molecular formula is C34H38Cl2O7. The van der Waals surface area contributed by atoms with E-state index in [4.69, 9.17) is 42.1 Å². The average molecular weight is 630 g/mol. The van der Waals surface area contributed by atoms with Crippen molar-refractivity contribution in [2.24, 2.45) is 22.7 Å². The molecule has 0 N–H and O–H groups in total. The number of hydrogen-bond acceptors (Lipinski definition) is 7. The minimum absolute atomic E-state index is 0.0131. The minimum Gasteiger partial charge on any atom is -0.463 e. The zero-order chi connectivity index (χ0) is 30.6. The Kier molecular flexibility index (Phi) is 7.84. The summed E-state index contributed by atoms with van der Waals surface area (Å²) in [7, 11) is 0. The van der Waals surface area contributed by atoms with E-state index in [1.807, 2.05) is 0 Å². The minimum atomic E-state index is -0.703. The fourth-order valence-corrected chi connectivity index (χ4v) is 9.02. The topological polar surface area (TPSA) is 88.1 Å². The van der Waals surface area contributed by atoms with E-state index >= 15 is 0 Å². The molecule has 0 amide bonds. The van der Waals surface area contributed by atoms with Crippen molar-refractivity contribution >= 4 is 41.1 Å². The van der Waals surface area contributed by atoms with E-state index in [2.05, 4.69) is 20.8 Å². The predicted octanol–water partition coefficient (Wildman–Crippen LogP) is 7.46. The molecule has 7 nitrogen and oxygen atoms in total. The highest BCUT2D eigenvalue weighted by atomic mass is 35.5.